The van der Waals surface area contributed by atoms with Crippen molar-refractivity contribution in [2.24, 2.45) is 0 Å². The molecule has 15 aromatic rings. The molecule has 3 heterocycles. The maximum Gasteiger partial charge on any atom is 0.143 e. The molecule has 18 rings (SSSR count). The Morgan fingerprint density at radius 2 is 0.876 bits per heavy atom. The first-order valence-electron chi connectivity index (χ1n) is 31.2. The molecule has 0 radical (unpaired) electrons. The third kappa shape index (κ3) is 7.60. The molecule has 1 atom stereocenters. The van der Waals surface area contributed by atoms with Crippen molar-refractivity contribution < 1.29 is 8.83 Å². The van der Waals surface area contributed by atoms with Crippen LogP contribution in [0.1, 0.15) is 61.1 Å². The van der Waals surface area contributed by atoms with Gasteiger partial charge in [0.1, 0.15) is 22.3 Å². The molecule has 1 aliphatic heterocycles. The number of fused-ring (bicyclic) bond motifs is 14. The smallest absolute Gasteiger partial charge is 0.143 e. The van der Waals surface area contributed by atoms with E-state index in [1.165, 1.54) is 77.9 Å². The summed E-state index contributed by atoms with van der Waals surface area (Å²) in [5, 5.41) is 4.53. The van der Waals surface area contributed by atoms with Gasteiger partial charge in [0.15, 0.2) is 0 Å². The van der Waals surface area contributed by atoms with E-state index in [2.05, 4.69) is 310 Å². The van der Waals surface area contributed by atoms with Crippen molar-refractivity contribution in [3.05, 3.63) is 312 Å². The zero-order chi connectivity index (χ0) is 59.3. The highest BCUT2D eigenvalue weighted by Gasteiger charge is 2.51. The molecule has 0 bridgehead atoms. The van der Waals surface area contributed by atoms with Crippen LogP contribution in [-0.2, 0) is 17.3 Å². The molecule has 0 amide bonds. The zero-order valence-corrected chi connectivity index (χ0v) is 50.0. The average molecular weight is 1140 g/mol. The minimum Gasteiger partial charge on any atom is -0.455 e. The fraction of sp³-hybridized carbons (Fsp3) is 0.0824. The van der Waals surface area contributed by atoms with Crippen molar-refractivity contribution in [2.45, 2.75) is 44.9 Å². The van der Waals surface area contributed by atoms with Gasteiger partial charge in [-0.1, -0.05) is 203 Å². The molecule has 89 heavy (non-hydrogen) atoms. The monoisotopic (exact) mass is 1140 g/mol. The van der Waals surface area contributed by atoms with Crippen LogP contribution in [0.3, 0.4) is 0 Å². The van der Waals surface area contributed by atoms with Gasteiger partial charge in [-0.15, -0.1) is 0 Å². The Morgan fingerprint density at radius 3 is 1.56 bits per heavy atom. The Labute approximate surface area is 517 Å². The first-order valence-corrected chi connectivity index (χ1v) is 31.2. The lowest BCUT2D eigenvalue weighted by Gasteiger charge is -2.43. The van der Waals surface area contributed by atoms with Crippen LogP contribution in [-0.4, -0.2) is 0 Å². The Hall–Kier alpha value is -10.9. The minimum atomic E-state index is -0.599. The summed E-state index contributed by atoms with van der Waals surface area (Å²) in [5.41, 5.74) is 31.4. The van der Waals surface area contributed by atoms with Crippen molar-refractivity contribution in [3.63, 3.8) is 0 Å². The average Bonchev–Trinajstić information content (AvgIpc) is 1.56. The molecule has 0 N–H and O–H groups in total. The van der Waals surface area contributed by atoms with Gasteiger partial charge < -0.3 is 18.6 Å². The van der Waals surface area contributed by atoms with E-state index in [1.54, 1.807) is 0 Å². The second-order valence-corrected chi connectivity index (χ2v) is 25.2. The van der Waals surface area contributed by atoms with E-state index in [9.17, 15) is 0 Å². The molecule has 1 unspecified atom stereocenters. The summed E-state index contributed by atoms with van der Waals surface area (Å²) in [5.74, 6) is 0. The highest BCUT2D eigenvalue weighted by Crippen LogP contribution is 2.66. The van der Waals surface area contributed by atoms with Crippen LogP contribution in [0.25, 0.3) is 111 Å². The van der Waals surface area contributed by atoms with Gasteiger partial charge >= 0.3 is 0 Å². The standard InChI is InChI=1S/C85H60N2O2/c1-5-52-45-68(83-72(46-52)66-25-14-17-30-80(66)89-83)58-37-44-77-76(47-58)85(4)75-51-69-64-23-12-15-28-73(64)84(2,3)74(69)50-70(75)71-48-62(49-78(81(71)85)87(77)61-40-33-56(34-41-61)54-21-10-7-11-22-54)86(59-38-31-55(32-39-59)53-19-8-6-9-20-53)60-42-35-57(36-43-60)63-26-18-27-67-65-24-13-16-29-79(65)88-82(63)67/h6-51H,5H2,1-4H3. The molecule has 3 aliphatic rings. The van der Waals surface area contributed by atoms with E-state index in [4.69, 9.17) is 8.83 Å². The molecule has 4 heteroatoms. The van der Waals surface area contributed by atoms with Crippen LogP contribution in [0.15, 0.2) is 288 Å². The predicted octanol–water partition coefficient (Wildman–Crippen LogP) is 23.6. The molecule has 422 valence electrons. The Morgan fingerprint density at radius 1 is 0.337 bits per heavy atom. The predicted molar refractivity (Wildman–Crippen MR) is 370 cm³/mol. The third-order valence-corrected chi connectivity index (χ3v) is 20.0. The SMILES string of the molecule is CCc1cc(-c2ccc3c(c2)C2(C)c4cc5c(cc4-c4cc(N(c6ccc(-c7ccccc7)cc6)c6ccc(-c7cccc8c7oc7ccccc78)cc6)cc(c42)N3c2ccc(-c3ccccc3)cc2)C(C)(C)c2ccccc2-5)c2oc3ccccc3c2c1. The number of nitrogens with zero attached hydrogens (tertiary/aromatic N) is 2. The number of anilines is 6. The fourth-order valence-electron chi connectivity index (χ4n) is 15.5. The number of benzene rings is 13. The lowest BCUT2D eigenvalue weighted by molar-refractivity contribution is 0.659. The lowest BCUT2D eigenvalue weighted by atomic mass is 9.69. The van der Waals surface area contributed by atoms with Crippen LogP contribution in [0.4, 0.5) is 34.1 Å². The largest absolute Gasteiger partial charge is 0.455 e. The molecule has 0 saturated carbocycles. The first-order chi connectivity index (χ1) is 43.7. The Balaban J connectivity index is 0.899. The number of hydrogen-bond acceptors (Lipinski definition) is 4. The normalized spacial score (nSPS) is 14.9. The molecule has 4 nitrogen and oxygen atoms in total. The Kier molecular flexibility index (Phi) is 11.1. The molecular weight excluding hydrogens is 1080 g/mol. The molecule has 2 aromatic heterocycles. The van der Waals surface area contributed by atoms with Crippen LogP contribution >= 0.6 is 0 Å². The highest BCUT2D eigenvalue weighted by molar-refractivity contribution is 6.12. The van der Waals surface area contributed by atoms with Crippen LogP contribution < -0.4 is 9.80 Å². The van der Waals surface area contributed by atoms with Crippen LogP contribution in [0, 0.1) is 0 Å². The van der Waals surface area contributed by atoms with Crippen LogP contribution in [0.2, 0.25) is 0 Å². The summed E-state index contributed by atoms with van der Waals surface area (Å²) in [4.78, 5) is 5.03. The summed E-state index contributed by atoms with van der Waals surface area (Å²) in [6, 6.07) is 103. The topological polar surface area (TPSA) is 32.8 Å². The van der Waals surface area contributed by atoms with E-state index < -0.39 is 5.41 Å². The quantitative estimate of drug-likeness (QED) is 0.144. The maximum absolute atomic E-state index is 6.90. The number of hydrogen-bond donors (Lipinski definition) is 0. The van der Waals surface area contributed by atoms with E-state index >= 15 is 0 Å². The van der Waals surface area contributed by atoms with Gasteiger partial charge in [0.05, 0.1) is 11.4 Å². The second-order valence-electron chi connectivity index (χ2n) is 25.2. The van der Waals surface area contributed by atoms with Gasteiger partial charge in [0.2, 0.25) is 0 Å². The van der Waals surface area contributed by atoms with E-state index in [1.807, 2.05) is 6.07 Å². The number of para-hydroxylation sites is 3. The summed E-state index contributed by atoms with van der Waals surface area (Å²) >= 11 is 0. The summed E-state index contributed by atoms with van der Waals surface area (Å²) in [7, 11) is 0. The van der Waals surface area contributed by atoms with E-state index in [-0.39, 0.29) is 5.41 Å². The van der Waals surface area contributed by atoms with E-state index in [0.717, 1.165) is 107 Å². The molecule has 2 aliphatic carbocycles. The highest BCUT2D eigenvalue weighted by atomic mass is 16.3. The van der Waals surface area contributed by atoms with Gasteiger partial charge in [0.25, 0.3) is 0 Å². The van der Waals surface area contributed by atoms with Gasteiger partial charge in [-0.3, -0.25) is 0 Å². The molecular formula is C85H60N2O2. The van der Waals surface area contributed by atoms with Crippen LogP contribution in [0.5, 0.6) is 0 Å². The van der Waals surface area contributed by atoms with Crippen molar-refractivity contribution >= 4 is 78.0 Å². The summed E-state index contributed by atoms with van der Waals surface area (Å²) < 4.78 is 13.5. The van der Waals surface area contributed by atoms with Crippen molar-refractivity contribution in [1.82, 2.24) is 0 Å². The van der Waals surface area contributed by atoms with E-state index in [0.29, 0.717) is 0 Å². The van der Waals surface area contributed by atoms with Crippen molar-refractivity contribution in [1.29, 1.82) is 0 Å². The van der Waals surface area contributed by atoms with Gasteiger partial charge in [0, 0.05) is 66.3 Å². The zero-order valence-electron chi connectivity index (χ0n) is 50.0. The van der Waals surface area contributed by atoms with Crippen molar-refractivity contribution in [3.8, 4) is 66.8 Å². The van der Waals surface area contributed by atoms with Crippen molar-refractivity contribution in [2.75, 3.05) is 9.80 Å². The summed E-state index contributed by atoms with van der Waals surface area (Å²) in [6.07, 6.45) is 0.907. The first kappa shape index (κ1) is 51.3. The Bertz CT molecular complexity index is 5380. The molecule has 13 aromatic carbocycles. The summed E-state index contributed by atoms with van der Waals surface area (Å²) in [6.45, 7) is 9.58. The molecule has 0 fully saturated rings. The lowest BCUT2D eigenvalue weighted by Crippen LogP contribution is -2.32. The molecule has 0 saturated heterocycles. The number of rotatable bonds is 9. The fourth-order valence-corrected chi connectivity index (χ4v) is 15.5. The minimum absolute atomic E-state index is 0.221. The molecule has 0 spiro atoms. The maximum atomic E-state index is 6.90. The van der Waals surface area contributed by atoms with Gasteiger partial charge in [-0.05, 0) is 199 Å². The second kappa shape index (κ2) is 19.3. The number of furan rings is 2. The third-order valence-electron chi connectivity index (χ3n) is 20.0. The van der Waals surface area contributed by atoms with Gasteiger partial charge in [-0.2, -0.15) is 0 Å². The number of aryl methyl sites for hydroxylation is 1. The van der Waals surface area contributed by atoms with Gasteiger partial charge in [-0.25, -0.2) is 0 Å².